The minimum atomic E-state index is -5.67. The van der Waals surface area contributed by atoms with E-state index in [9.17, 15) is 75.1 Å². The van der Waals surface area contributed by atoms with Gasteiger partial charge in [-0.25, -0.2) is 21.5 Å². The number of carbonyl (C=O) groups is 1. The van der Waals surface area contributed by atoms with E-state index in [4.69, 9.17) is 32.1 Å². The number of aliphatic carboxylic acids is 1. The number of carboxylic acid groups (broad SMARTS) is 1. The average Bonchev–Trinajstić information content (AvgIpc) is 2.93. The third-order valence-corrected chi connectivity index (χ3v) is 11.2. The summed E-state index contributed by atoms with van der Waals surface area (Å²) in [6.45, 7) is -1.66. The molecule has 0 spiro atoms. The van der Waals surface area contributed by atoms with E-state index >= 15 is 0 Å². The number of methoxy groups -OCH3 is 2. The SMILES string of the molecule is COC[C@H]1C(OS(=O)(=O)O)C(C)(OS(=O)(=O)O)[C@@H](COC[C@H]2C(OS(=O)(=O)O)C(C)(N=S(=O)(O)O)[C@@H](COC)OC2(C)COS(=O)(=O)O)OC1(C)C(=O)O. The first-order valence-electron chi connectivity index (χ1n) is 14.5. The minimum Gasteiger partial charge on any atom is -0.479 e. The van der Waals surface area contributed by atoms with Gasteiger partial charge in [0.15, 0.2) is 5.60 Å². The van der Waals surface area contributed by atoms with Crippen molar-refractivity contribution in [3.8, 4) is 0 Å². The molecule has 0 bridgehead atoms. The molecule has 2 fully saturated rings. The molecule has 2 rings (SSSR count). The molecule has 2 saturated heterocycles. The van der Waals surface area contributed by atoms with Crippen LogP contribution in [0.3, 0.4) is 0 Å². The van der Waals surface area contributed by atoms with Gasteiger partial charge < -0.3 is 28.8 Å². The molecule has 2 aliphatic heterocycles. The van der Waals surface area contributed by atoms with Crippen molar-refractivity contribution in [1.82, 2.24) is 0 Å². The summed E-state index contributed by atoms with van der Waals surface area (Å²) in [4.78, 5) is 12.5. The molecule has 0 aromatic heterocycles. The zero-order valence-corrected chi connectivity index (χ0v) is 33.0. The molecule has 0 amide bonds. The maximum atomic E-state index is 12.5. The number of hydrogen-bond acceptors (Lipinski definition) is 20. The van der Waals surface area contributed by atoms with Crippen LogP contribution in [0, 0.1) is 11.8 Å². The summed E-state index contributed by atoms with van der Waals surface area (Å²) in [6, 6.07) is 0. The number of ether oxygens (including phenoxy) is 5. The van der Waals surface area contributed by atoms with Crippen LogP contribution in [0.4, 0.5) is 0 Å². The zero-order chi connectivity index (χ0) is 42.1. The van der Waals surface area contributed by atoms with E-state index in [0.29, 0.717) is 0 Å². The maximum Gasteiger partial charge on any atom is 0.398 e. The van der Waals surface area contributed by atoms with Gasteiger partial charge in [-0.1, -0.05) is 0 Å². The van der Waals surface area contributed by atoms with Crippen LogP contribution in [0.25, 0.3) is 0 Å². The Labute approximate surface area is 310 Å². The minimum absolute atomic E-state index is 0.692. The molecule has 0 aromatic rings. The van der Waals surface area contributed by atoms with Crippen molar-refractivity contribution in [3.05, 3.63) is 0 Å². The van der Waals surface area contributed by atoms with Gasteiger partial charge in [0.25, 0.3) is 10.3 Å². The quantitative estimate of drug-likeness (QED) is 0.0681. The first-order valence-corrected chi connectivity index (χ1v) is 21.4. The maximum absolute atomic E-state index is 12.5. The average molecular weight is 896 g/mol. The van der Waals surface area contributed by atoms with Gasteiger partial charge in [0.1, 0.15) is 35.6 Å². The fourth-order valence-electron chi connectivity index (χ4n) is 6.18. The third kappa shape index (κ3) is 12.6. The summed E-state index contributed by atoms with van der Waals surface area (Å²) in [5.74, 6) is -5.71. The highest BCUT2D eigenvalue weighted by Gasteiger charge is 2.66. The molecule has 54 heavy (non-hydrogen) atoms. The Morgan fingerprint density at radius 1 is 0.667 bits per heavy atom. The Kier molecular flexibility index (Phi) is 15.2. The van der Waals surface area contributed by atoms with Crippen LogP contribution in [-0.4, -0.2) is 170 Å². The Bertz CT molecular complexity index is 1920. The van der Waals surface area contributed by atoms with E-state index in [2.05, 4.69) is 12.7 Å². The first-order chi connectivity index (χ1) is 24.1. The Hall–Kier alpha value is -1.38. The predicted molar refractivity (Wildman–Crippen MR) is 171 cm³/mol. The molecular weight excluding hydrogens is 855 g/mol. The second-order valence-corrected chi connectivity index (χ2v) is 18.0. The lowest BCUT2D eigenvalue weighted by molar-refractivity contribution is -0.284. The second-order valence-electron chi connectivity index (χ2n) is 12.7. The molecule has 2 heterocycles. The van der Waals surface area contributed by atoms with Crippen LogP contribution in [0.15, 0.2) is 4.36 Å². The molecule has 0 aromatic carbocycles. The van der Waals surface area contributed by atoms with Crippen molar-refractivity contribution in [1.29, 1.82) is 0 Å². The summed E-state index contributed by atoms with van der Waals surface area (Å²) in [5.41, 5.74) is -10.4. The predicted octanol–water partition coefficient (Wildman–Crippen LogP) is -2.13. The third-order valence-electron chi connectivity index (χ3n) is 8.65. The number of carboxylic acids is 1. The Morgan fingerprint density at radius 2 is 1.19 bits per heavy atom. The van der Waals surface area contributed by atoms with Gasteiger partial charge in [0, 0.05) is 20.1 Å². The number of hydrogen-bond donors (Lipinski definition) is 7. The van der Waals surface area contributed by atoms with Gasteiger partial charge in [-0.05, 0) is 27.7 Å². The molecule has 2 aliphatic rings. The van der Waals surface area contributed by atoms with E-state index in [-0.39, 0.29) is 0 Å². The molecule has 10 atom stereocenters. The molecule has 320 valence electrons. The lowest BCUT2D eigenvalue weighted by Gasteiger charge is -2.55. The van der Waals surface area contributed by atoms with Crippen LogP contribution in [-0.2, 0) is 97.1 Å². The zero-order valence-electron chi connectivity index (χ0n) is 28.9. The van der Waals surface area contributed by atoms with E-state index < -0.39 is 149 Å². The monoisotopic (exact) mass is 895 g/mol. The molecule has 6 unspecified atom stereocenters. The highest BCUT2D eigenvalue weighted by atomic mass is 32.3. The van der Waals surface area contributed by atoms with Crippen molar-refractivity contribution >= 4 is 57.9 Å². The van der Waals surface area contributed by atoms with Crippen LogP contribution in [0.1, 0.15) is 27.7 Å². The molecular formula is C22H41NO26S5. The molecule has 0 aliphatic carbocycles. The Balaban J connectivity index is 2.85. The van der Waals surface area contributed by atoms with Gasteiger partial charge >= 0.3 is 47.6 Å². The summed E-state index contributed by atoms with van der Waals surface area (Å²) >= 11 is 0. The van der Waals surface area contributed by atoms with Crippen molar-refractivity contribution in [2.24, 2.45) is 16.2 Å². The van der Waals surface area contributed by atoms with Gasteiger partial charge in [-0.3, -0.25) is 27.3 Å². The second kappa shape index (κ2) is 16.8. The molecule has 0 saturated carbocycles. The van der Waals surface area contributed by atoms with E-state index in [0.717, 1.165) is 41.9 Å². The summed E-state index contributed by atoms with van der Waals surface area (Å²) in [7, 11) is -25.4. The highest BCUT2D eigenvalue weighted by Crippen LogP contribution is 2.47. The van der Waals surface area contributed by atoms with Gasteiger partial charge in [-0.15, -0.1) is 0 Å². The smallest absolute Gasteiger partial charge is 0.398 e. The normalized spacial score (nSPS) is 35.8. The van der Waals surface area contributed by atoms with Crippen LogP contribution < -0.4 is 0 Å². The lowest BCUT2D eigenvalue weighted by atomic mass is 9.71. The molecule has 7 N–H and O–H groups in total. The molecule has 27 nitrogen and oxygen atoms in total. The number of rotatable bonds is 19. The van der Waals surface area contributed by atoms with E-state index in [1.165, 1.54) is 0 Å². The standard InChI is InChI=1S/C22H41NO26S5/c1-19(11-44-51(29,30)31)12(16(47-52(32,33)34)20(2,23-50(26,27)28)14(45-19)9-42-6)8-43-10-15-22(4,49-54(38,39)40)17(48-53(35,36)37)13(7-41-5)21(3,46-15)18(24)25/h12-17H,7-11H2,1-6H3,(H,24,25)(H,29,30,31)(H,32,33,34)(H,35,36,37)(H,38,39,40)(H2,23,26,27,28)/t12-,13-,14+,15+,16?,17?,19?,20?,21?,22?/m0/s1. The van der Waals surface area contributed by atoms with E-state index in [1.807, 2.05) is 0 Å². The Morgan fingerprint density at radius 3 is 1.61 bits per heavy atom. The largest absolute Gasteiger partial charge is 0.479 e. The van der Waals surface area contributed by atoms with Crippen LogP contribution in [0.2, 0.25) is 0 Å². The lowest BCUT2D eigenvalue weighted by Crippen LogP contribution is -2.72. The van der Waals surface area contributed by atoms with Crippen molar-refractivity contribution in [2.45, 2.75) is 74.5 Å². The number of nitrogens with zero attached hydrogens (tertiary/aromatic N) is 1. The summed E-state index contributed by atoms with van der Waals surface area (Å²) in [6.07, 6.45) is -8.78. The van der Waals surface area contributed by atoms with Gasteiger partial charge in [0.2, 0.25) is 0 Å². The van der Waals surface area contributed by atoms with E-state index in [1.54, 1.807) is 0 Å². The van der Waals surface area contributed by atoms with Crippen molar-refractivity contribution in [3.63, 3.8) is 0 Å². The molecule has 0 radical (unpaired) electrons. The summed E-state index contributed by atoms with van der Waals surface area (Å²) in [5, 5.41) is 10.1. The molecule has 32 heteroatoms. The fraction of sp³-hybridized carbons (Fsp3) is 0.955. The van der Waals surface area contributed by atoms with Crippen molar-refractivity contribution < 1.29 is 116 Å². The summed E-state index contributed by atoms with van der Waals surface area (Å²) < 4.78 is 215. The van der Waals surface area contributed by atoms with Crippen molar-refractivity contribution in [2.75, 3.05) is 47.3 Å². The topological polar surface area (TPSA) is 408 Å². The fourth-order valence-corrected chi connectivity index (χ4v) is 9.14. The first kappa shape index (κ1) is 48.8. The van der Waals surface area contributed by atoms with Crippen LogP contribution >= 0.6 is 0 Å². The highest BCUT2D eigenvalue weighted by molar-refractivity contribution is 7.82. The van der Waals surface area contributed by atoms with Crippen LogP contribution in [0.5, 0.6) is 0 Å². The van der Waals surface area contributed by atoms with Gasteiger partial charge in [0.05, 0.1) is 44.6 Å². The van der Waals surface area contributed by atoms with Gasteiger partial charge in [-0.2, -0.15) is 42.2 Å².